The average Bonchev–Trinajstić information content (AvgIpc) is 3.56. The molecule has 2 unspecified atom stereocenters. The van der Waals surface area contributed by atoms with E-state index in [1.54, 1.807) is 37.5 Å². The molecule has 0 saturated carbocycles. The monoisotopic (exact) mass is 926 g/mol. The predicted molar refractivity (Wildman–Crippen MR) is 231 cm³/mol. The number of ether oxygens (including phenoxy) is 4. The van der Waals surface area contributed by atoms with Gasteiger partial charge >= 0.3 is 5.97 Å². The zero-order valence-corrected chi connectivity index (χ0v) is 38.0. The Hall–Kier alpha value is -3.83. The number of carbonyl (C=O) groups is 1. The lowest BCUT2D eigenvalue weighted by Crippen LogP contribution is -2.32. The molecule has 0 aromatic heterocycles. The molecule has 2 aliphatic heterocycles. The van der Waals surface area contributed by atoms with Crippen molar-refractivity contribution in [3.05, 3.63) is 83.6 Å². The van der Waals surface area contributed by atoms with Crippen molar-refractivity contribution in [3.8, 4) is 0 Å². The third-order valence-corrected chi connectivity index (χ3v) is 13.6. The van der Waals surface area contributed by atoms with Gasteiger partial charge in [0.05, 0.1) is 47.4 Å². The number of fused-ring (bicyclic) bond motifs is 2. The highest BCUT2D eigenvalue weighted by Crippen LogP contribution is 2.51. The zero-order chi connectivity index (χ0) is 45.8. The Balaban J connectivity index is 1.76. The van der Waals surface area contributed by atoms with E-state index >= 15 is 0 Å². The lowest BCUT2D eigenvalue weighted by molar-refractivity contribution is -0.441. The number of hydrogen-bond acceptors (Lipinski definition) is 13. The fourth-order valence-corrected chi connectivity index (χ4v) is 9.51. The summed E-state index contributed by atoms with van der Waals surface area (Å²) in [6, 6.07) is 8.54. The molecule has 0 fully saturated rings. The van der Waals surface area contributed by atoms with Crippen molar-refractivity contribution < 1.29 is 72.3 Å². The number of carboxylic acids is 1. The molecular formula is C42H58N2O15S3. The van der Waals surface area contributed by atoms with Gasteiger partial charge in [0, 0.05) is 68.3 Å². The second kappa shape index (κ2) is 22.2. The number of methoxy groups -OCH3 is 2. The molecule has 62 heavy (non-hydrogen) atoms. The fraction of sp³-hybridized carbons (Fsp3) is 0.524. The predicted octanol–water partition coefficient (Wildman–Crippen LogP) is 5.00. The van der Waals surface area contributed by atoms with Gasteiger partial charge in [0.25, 0.3) is 20.2 Å². The number of carboxylic acid groups (broad SMARTS) is 1. The van der Waals surface area contributed by atoms with Crippen LogP contribution >= 0.6 is 0 Å². The molecule has 4 rings (SSSR count). The van der Waals surface area contributed by atoms with Crippen molar-refractivity contribution in [2.75, 3.05) is 77.6 Å². The first-order chi connectivity index (χ1) is 29.2. The van der Waals surface area contributed by atoms with Gasteiger partial charge in [0.15, 0.2) is 12.3 Å². The number of allylic oxidation sites excluding steroid dienone is 6. The van der Waals surface area contributed by atoms with Gasteiger partial charge in [-0.05, 0) is 87.9 Å². The van der Waals surface area contributed by atoms with Crippen molar-refractivity contribution >= 4 is 53.4 Å². The van der Waals surface area contributed by atoms with Crippen molar-refractivity contribution in [1.29, 1.82) is 0 Å². The highest BCUT2D eigenvalue weighted by atomic mass is 32.2. The summed E-state index contributed by atoms with van der Waals surface area (Å²) in [6.07, 6.45) is 11.4. The molecule has 20 heteroatoms. The molecule has 3 N–H and O–H groups in total. The summed E-state index contributed by atoms with van der Waals surface area (Å²) in [7, 11) is -10.6. The van der Waals surface area contributed by atoms with E-state index in [1.165, 1.54) is 31.4 Å². The first kappa shape index (κ1) is 50.8. The first-order valence-electron chi connectivity index (χ1n) is 20.2. The zero-order valence-electron chi connectivity index (χ0n) is 35.5. The molecule has 0 bridgehead atoms. The van der Waals surface area contributed by atoms with Gasteiger partial charge in [-0.25, -0.2) is 8.42 Å². The minimum atomic E-state index is -4.80. The van der Waals surface area contributed by atoms with Crippen molar-refractivity contribution in [2.45, 2.75) is 79.4 Å². The molecule has 0 saturated heterocycles. The van der Waals surface area contributed by atoms with Crippen LogP contribution in [0.3, 0.4) is 0 Å². The molecule has 2 aromatic carbocycles. The number of rotatable bonds is 27. The first-order valence-corrected chi connectivity index (χ1v) is 24.6. The molecule has 2 atom stereocenters. The molecule has 0 radical (unpaired) electrons. The highest BCUT2D eigenvalue weighted by molar-refractivity contribution is 7.86. The van der Waals surface area contributed by atoms with Gasteiger partial charge in [-0.2, -0.15) is 21.4 Å². The van der Waals surface area contributed by atoms with E-state index in [4.69, 9.17) is 18.9 Å². The normalized spacial score (nSPS) is 20.0. The molecule has 0 aliphatic carbocycles. The van der Waals surface area contributed by atoms with E-state index in [1.807, 2.05) is 35.5 Å². The Kier molecular flexibility index (Phi) is 18.2. The van der Waals surface area contributed by atoms with Crippen LogP contribution in [0.4, 0.5) is 11.4 Å². The van der Waals surface area contributed by atoms with Gasteiger partial charge in [-0.1, -0.05) is 24.6 Å². The van der Waals surface area contributed by atoms with Crippen LogP contribution in [0.2, 0.25) is 0 Å². The van der Waals surface area contributed by atoms with Crippen LogP contribution in [-0.4, -0.2) is 133 Å². The third kappa shape index (κ3) is 13.3. The topological polar surface area (TPSA) is 246 Å². The number of aliphatic carboxylic acids is 1. The molecule has 17 nitrogen and oxygen atoms in total. The molecule has 2 heterocycles. The Morgan fingerprint density at radius 2 is 1.44 bits per heavy atom. The summed E-state index contributed by atoms with van der Waals surface area (Å²) in [6.45, 7) is 6.62. The third-order valence-electron chi connectivity index (χ3n) is 11.2. The Bertz CT molecular complexity index is 2360. The van der Waals surface area contributed by atoms with Crippen LogP contribution in [0.15, 0.2) is 82.3 Å². The minimum Gasteiger partial charge on any atom is -0.744 e. The Morgan fingerprint density at radius 1 is 0.774 bits per heavy atom. The summed E-state index contributed by atoms with van der Waals surface area (Å²) >= 11 is 0. The average molecular weight is 927 g/mol. The van der Waals surface area contributed by atoms with Gasteiger partial charge in [-0.15, -0.1) is 0 Å². The van der Waals surface area contributed by atoms with E-state index in [2.05, 4.69) is 0 Å². The molecule has 2 aromatic rings. The molecule has 0 spiro atoms. The lowest BCUT2D eigenvalue weighted by atomic mass is 9.76. The van der Waals surface area contributed by atoms with Gasteiger partial charge < -0.3 is 33.5 Å². The highest BCUT2D eigenvalue weighted by Gasteiger charge is 2.48. The van der Waals surface area contributed by atoms with E-state index < -0.39 is 52.9 Å². The molecule has 344 valence electrons. The van der Waals surface area contributed by atoms with Crippen molar-refractivity contribution in [2.24, 2.45) is 0 Å². The summed E-state index contributed by atoms with van der Waals surface area (Å²) in [5, 5.41) is 9.17. The second-order valence-corrected chi connectivity index (χ2v) is 19.9. The van der Waals surface area contributed by atoms with E-state index in [0.717, 1.165) is 5.70 Å². The van der Waals surface area contributed by atoms with Gasteiger partial charge in [-0.3, -0.25) is 13.9 Å². The van der Waals surface area contributed by atoms with Gasteiger partial charge in [0.2, 0.25) is 5.69 Å². The van der Waals surface area contributed by atoms with Crippen LogP contribution in [-0.2, 0) is 64.9 Å². The summed E-state index contributed by atoms with van der Waals surface area (Å²) in [5.41, 5.74) is 2.13. The quantitative estimate of drug-likeness (QED) is 0.0462. The molecular weight excluding hydrogens is 869 g/mol. The van der Waals surface area contributed by atoms with E-state index in [0.29, 0.717) is 93.4 Å². The van der Waals surface area contributed by atoms with E-state index in [9.17, 15) is 48.8 Å². The Morgan fingerprint density at radius 3 is 2.08 bits per heavy atom. The largest absolute Gasteiger partial charge is 0.744 e. The maximum absolute atomic E-state index is 12.2. The fourth-order valence-electron chi connectivity index (χ4n) is 8.00. The lowest BCUT2D eigenvalue weighted by Gasteiger charge is -2.30. The summed E-state index contributed by atoms with van der Waals surface area (Å²) in [5.74, 6) is -1.41. The van der Waals surface area contributed by atoms with E-state index in [-0.39, 0.29) is 42.3 Å². The SMILES string of the molecule is COCCOCCOCCC1(C)\C(=C/C=C/C=C/C2=[N+](CCOC)c3ccc(S(=O)(=O)O)cc3C2(C)CCCS(=O)(=O)O)N(CCCCCC(=O)O)c2ccc(S(=O)(=O)[O-])cc21. The van der Waals surface area contributed by atoms with Crippen LogP contribution in [0.1, 0.15) is 69.9 Å². The molecule has 0 amide bonds. The Labute approximate surface area is 365 Å². The minimum absolute atomic E-state index is 0.0254. The van der Waals surface area contributed by atoms with Crippen LogP contribution in [0, 0.1) is 0 Å². The van der Waals surface area contributed by atoms with Crippen LogP contribution in [0.5, 0.6) is 0 Å². The smallest absolute Gasteiger partial charge is 0.303 e. The van der Waals surface area contributed by atoms with Crippen LogP contribution in [0.25, 0.3) is 0 Å². The summed E-state index contributed by atoms with van der Waals surface area (Å²) < 4.78 is 128. The van der Waals surface area contributed by atoms with Crippen molar-refractivity contribution in [3.63, 3.8) is 0 Å². The number of hydrogen-bond donors (Lipinski definition) is 3. The van der Waals surface area contributed by atoms with Crippen LogP contribution < -0.4 is 4.90 Å². The summed E-state index contributed by atoms with van der Waals surface area (Å²) in [4.78, 5) is 12.5. The number of benzene rings is 2. The van der Waals surface area contributed by atoms with Gasteiger partial charge in [0.1, 0.15) is 16.7 Å². The maximum atomic E-state index is 12.2. The second-order valence-electron chi connectivity index (χ2n) is 15.5. The van der Waals surface area contributed by atoms with Crippen molar-refractivity contribution in [1.82, 2.24) is 0 Å². The number of nitrogens with zero attached hydrogens (tertiary/aromatic N) is 2. The maximum Gasteiger partial charge on any atom is 0.303 e. The molecule has 2 aliphatic rings. The number of unbranched alkanes of at least 4 members (excludes halogenated alkanes) is 2. The number of anilines is 1. The standard InChI is InChI=1S/C42H58N2O15S3/c1-41(19-11-29-60(47,48)49)34-30-32(61(50,51)52)16-18-37(34)44(22-24-56-3)38(41)12-7-5-8-13-39-42(2,20-23-58-27-28-59-26-25-57-4)35-31-33(62(53,54)55)15-17-36(35)43(39)21-10-6-9-14-40(45)46/h5,7-8,12-13,15-18,30-31H,6,9-11,14,19-29H2,1-4H3,(H3-,45,46,47,48,49,50,51,52,53,54,55).